The summed E-state index contributed by atoms with van der Waals surface area (Å²) in [4.78, 5) is 8.03. The minimum Gasteiger partial charge on any atom is -0.254 e. The third-order valence-corrected chi connectivity index (χ3v) is 1.86. The van der Waals surface area contributed by atoms with Gasteiger partial charge in [0.15, 0.2) is 5.15 Å². The molecule has 0 saturated heterocycles. The Morgan fingerprint density at radius 1 is 1.25 bits per heavy atom. The first kappa shape index (κ1) is 9.75. The summed E-state index contributed by atoms with van der Waals surface area (Å²) in [6, 6.07) is 0. The van der Waals surface area contributed by atoms with Crippen LogP contribution in [0, 0.1) is 0 Å². The van der Waals surface area contributed by atoms with Gasteiger partial charge in [0, 0.05) is 5.41 Å². The van der Waals surface area contributed by atoms with Crippen LogP contribution in [0.2, 0.25) is 10.3 Å². The minimum atomic E-state index is -0.0886. The average Bonchev–Trinajstić information content (AvgIpc) is 1.83. The molecule has 0 aliphatic carbocycles. The van der Waals surface area contributed by atoms with Gasteiger partial charge in [0.05, 0.1) is 11.9 Å². The molecular weight excluding hydrogens is 195 g/mol. The lowest BCUT2D eigenvalue weighted by Gasteiger charge is -2.17. The van der Waals surface area contributed by atoms with Crippen molar-refractivity contribution >= 4 is 23.2 Å². The molecule has 1 heterocycles. The van der Waals surface area contributed by atoms with E-state index in [1.54, 1.807) is 0 Å². The van der Waals surface area contributed by atoms with Gasteiger partial charge in [0.1, 0.15) is 5.15 Å². The topological polar surface area (TPSA) is 25.8 Å². The predicted octanol–water partition coefficient (Wildman–Crippen LogP) is 3.08. The average molecular weight is 205 g/mol. The SMILES string of the molecule is CC(C)(C)c1ncc(Cl)nc1Cl. The number of aromatic nitrogens is 2. The highest BCUT2D eigenvalue weighted by Gasteiger charge is 2.19. The second-order valence-electron chi connectivity index (χ2n) is 3.58. The summed E-state index contributed by atoms with van der Waals surface area (Å²) in [5.41, 5.74) is 0.683. The van der Waals surface area contributed by atoms with Crippen molar-refractivity contribution in [3.05, 3.63) is 22.2 Å². The molecule has 0 atom stereocenters. The van der Waals surface area contributed by atoms with Gasteiger partial charge in [0.25, 0.3) is 0 Å². The Balaban J connectivity index is 3.19. The number of hydrogen-bond donors (Lipinski definition) is 0. The lowest BCUT2D eigenvalue weighted by Crippen LogP contribution is -2.14. The van der Waals surface area contributed by atoms with Crippen molar-refractivity contribution in [2.75, 3.05) is 0 Å². The molecule has 0 aliphatic rings. The van der Waals surface area contributed by atoms with Gasteiger partial charge in [-0.3, -0.25) is 4.98 Å². The number of nitrogens with zero attached hydrogens (tertiary/aromatic N) is 2. The number of halogens is 2. The fraction of sp³-hybridized carbons (Fsp3) is 0.500. The van der Waals surface area contributed by atoms with Crippen LogP contribution in [-0.4, -0.2) is 9.97 Å². The van der Waals surface area contributed by atoms with Crippen molar-refractivity contribution in [2.24, 2.45) is 0 Å². The summed E-state index contributed by atoms with van der Waals surface area (Å²) in [6.07, 6.45) is 1.51. The van der Waals surface area contributed by atoms with Crippen LogP contribution in [0.3, 0.4) is 0 Å². The van der Waals surface area contributed by atoms with Gasteiger partial charge in [-0.25, -0.2) is 4.98 Å². The first-order chi connectivity index (χ1) is 5.41. The lowest BCUT2D eigenvalue weighted by molar-refractivity contribution is 0.566. The third-order valence-electron chi connectivity index (χ3n) is 1.41. The molecule has 66 valence electrons. The maximum absolute atomic E-state index is 5.86. The van der Waals surface area contributed by atoms with E-state index in [0.717, 1.165) is 5.69 Å². The summed E-state index contributed by atoms with van der Waals surface area (Å²) in [5.74, 6) is 0. The highest BCUT2D eigenvalue weighted by atomic mass is 35.5. The van der Waals surface area contributed by atoms with Crippen LogP contribution >= 0.6 is 23.2 Å². The smallest absolute Gasteiger partial charge is 0.152 e. The first-order valence-electron chi connectivity index (χ1n) is 3.60. The maximum Gasteiger partial charge on any atom is 0.152 e. The molecule has 1 aromatic rings. The molecule has 2 nitrogen and oxygen atoms in total. The van der Waals surface area contributed by atoms with Crippen molar-refractivity contribution in [1.29, 1.82) is 0 Å². The molecule has 0 amide bonds. The molecule has 0 bridgehead atoms. The van der Waals surface area contributed by atoms with Crippen LogP contribution in [-0.2, 0) is 5.41 Å². The van der Waals surface area contributed by atoms with E-state index in [0.29, 0.717) is 10.3 Å². The predicted molar refractivity (Wildman–Crippen MR) is 50.8 cm³/mol. The summed E-state index contributed by atoms with van der Waals surface area (Å²) in [6.45, 7) is 6.07. The van der Waals surface area contributed by atoms with Crippen LogP contribution in [0.15, 0.2) is 6.20 Å². The van der Waals surface area contributed by atoms with E-state index in [1.165, 1.54) is 6.20 Å². The molecule has 12 heavy (non-hydrogen) atoms. The van der Waals surface area contributed by atoms with Crippen molar-refractivity contribution in [3.8, 4) is 0 Å². The Hall–Kier alpha value is -0.340. The number of hydrogen-bond acceptors (Lipinski definition) is 2. The van der Waals surface area contributed by atoms with Gasteiger partial charge >= 0.3 is 0 Å². The van der Waals surface area contributed by atoms with E-state index in [-0.39, 0.29) is 5.41 Å². The normalized spacial score (nSPS) is 11.8. The maximum atomic E-state index is 5.86. The van der Waals surface area contributed by atoms with Crippen LogP contribution in [0.1, 0.15) is 26.5 Å². The number of rotatable bonds is 0. The molecule has 0 aliphatic heterocycles. The van der Waals surface area contributed by atoms with Crippen LogP contribution in [0.4, 0.5) is 0 Å². The Morgan fingerprint density at radius 2 is 1.83 bits per heavy atom. The molecular formula is C8H10Cl2N2. The lowest BCUT2D eigenvalue weighted by atomic mass is 9.93. The van der Waals surface area contributed by atoms with Gasteiger partial charge in [-0.1, -0.05) is 44.0 Å². The zero-order valence-corrected chi connectivity index (χ0v) is 8.74. The summed E-state index contributed by atoms with van der Waals surface area (Å²) < 4.78 is 0. The van der Waals surface area contributed by atoms with E-state index >= 15 is 0 Å². The molecule has 4 heteroatoms. The van der Waals surface area contributed by atoms with Gasteiger partial charge in [-0.15, -0.1) is 0 Å². The van der Waals surface area contributed by atoms with Crippen molar-refractivity contribution in [3.63, 3.8) is 0 Å². The highest BCUT2D eigenvalue weighted by molar-refractivity contribution is 6.32. The zero-order valence-electron chi connectivity index (χ0n) is 7.23. The Kier molecular flexibility index (Phi) is 2.59. The van der Waals surface area contributed by atoms with Gasteiger partial charge in [0.2, 0.25) is 0 Å². The third kappa shape index (κ3) is 2.08. The second-order valence-corrected chi connectivity index (χ2v) is 4.33. The summed E-state index contributed by atoms with van der Waals surface area (Å²) in [5, 5.41) is 0.711. The molecule has 1 aromatic heterocycles. The molecule has 0 aromatic carbocycles. The van der Waals surface area contributed by atoms with Crippen LogP contribution < -0.4 is 0 Å². The fourth-order valence-electron chi connectivity index (χ4n) is 0.850. The standard InChI is InChI=1S/C8H10Cl2N2/c1-8(2,3)6-7(10)12-5(9)4-11-6/h4H,1-3H3. The van der Waals surface area contributed by atoms with Gasteiger partial charge in [-0.2, -0.15) is 0 Å². The second kappa shape index (κ2) is 3.19. The van der Waals surface area contributed by atoms with Crippen molar-refractivity contribution < 1.29 is 0 Å². The van der Waals surface area contributed by atoms with E-state index in [2.05, 4.69) is 9.97 Å². The molecule has 0 radical (unpaired) electrons. The molecule has 0 unspecified atom stereocenters. The van der Waals surface area contributed by atoms with E-state index in [4.69, 9.17) is 23.2 Å². The minimum absolute atomic E-state index is 0.0886. The van der Waals surface area contributed by atoms with Crippen molar-refractivity contribution in [2.45, 2.75) is 26.2 Å². The van der Waals surface area contributed by atoms with Crippen LogP contribution in [0.25, 0.3) is 0 Å². The van der Waals surface area contributed by atoms with E-state index in [1.807, 2.05) is 20.8 Å². The molecule has 0 fully saturated rings. The molecule has 0 spiro atoms. The van der Waals surface area contributed by atoms with E-state index < -0.39 is 0 Å². The van der Waals surface area contributed by atoms with Crippen molar-refractivity contribution in [1.82, 2.24) is 9.97 Å². The Morgan fingerprint density at radius 3 is 2.25 bits per heavy atom. The molecule has 0 N–H and O–H groups in total. The monoisotopic (exact) mass is 204 g/mol. The summed E-state index contributed by atoms with van der Waals surface area (Å²) >= 11 is 11.5. The fourth-order valence-corrected chi connectivity index (χ4v) is 1.45. The highest BCUT2D eigenvalue weighted by Crippen LogP contribution is 2.26. The van der Waals surface area contributed by atoms with Gasteiger partial charge in [-0.05, 0) is 0 Å². The molecule has 0 saturated carbocycles. The largest absolute Gasteiger partial charge is 0.254 e. The quantitative estimate of drug-likeness (QED) is 0.650. The Bertz CT molecular complexity index is 292. The van der Waals surface area contributed by atoms with Crippen LogP contribution in [0.5, 0.6) is 0 Å². The molecule has 1 rings (SSSR count). The summed E-state index contributed by atoms with van der Waals surface area (Å²) in [7, 11) is 0. The van der Waals surface area contributed by atoms with Gasteiger partial charge < -0.3 is 0 Å². The first-order valence-corrected chi connectivity index (χ1v) is 4.35. The van der Waals surface area contributed by atoms with E-state index in [9.17, 15) is 0 Å². The zero-order chi connectivity index (χ0) is 9.35. The Labute approximate surface area is 81.9 Å².